The number of fused-ring (bicyclic) bond motifs is 3. The van der Waals surface area contributed by atoms with Crippen molar-refractivity contribution in [1.82, 2.24) is 24.8 Å². The summed E-state index contributed by atoms with van der Waals surface area (Å²) in [4.78, 5) is 28.4. The second kappa shape index (κ2) is 5.34. The van der Waals surface area contributed by atoms with Gasteiger partial charge in [0, 0.05) is 19.3 Å². The SMILES string of the molecule is O=C(O)N1CCC(c2cnc3c(c2)[nH]c2ncnc(Cl)c23)CC1. The van der Waals surface area contributed by atoms with Crippen molar-refractivity contribution in [1.29, 1.82) is 0 Å². The molecule has 0 spiro atoms. The van der Waals surface area contributed by atoms with E-state index in [1.807, 2.05) is 6.20 Å². The quantitative estimate of drug-likeness (QED) is 0.668. The van der Waals surface area contributed by atoms with E-state index in [1.54, 1.807) is 0 Å². The second-order valence-electron chi connectivity index (χ2n) is 5.72. The Morgan fingerprint density at radius 3 is 2.83 bits per heavy atom. The molecule has 4 heterocycles. The van der Waals surface area contributed by atoms with Crippen LogP contribution in [0.1, 0.15) is 24.3 Å². The van der Waals surface area contributed by atoms with Crippen LogP contribution in [0.15, 0.2) is 18.6 Å². The number of amides is 1. The molecule has 1 saturated heterocycles. The smallest absolute Gasteiger partial charge is 0.407 e. The molecule has 0 radical (unpaired) electrons. The Morgan fingerprint density at radius 2 is 2.09 bits per heavy atom. The molecule has 1 fully saturated rings. The summed E-state index contributed by atoms with van der Waals surface area (Å²) >= 11 is 6.14. The fraction of sp³-hybridized carbons (Fsp3) is 0.333. The van der Waals surface area contributed by atoms with E-state index in [4.69, 9.17) is 16.7 Å². The molecule has 3 aromatic heterocycles. The van der Waals surface area contributed by atoms with E-state index in [0.717, 1.165) is 34.8 Å². The minimum atomic E-state index is -0.846. The lowest BCUT2D eigenvalue weighted by Gasteiger charge is -2.30. The van der Waals surface area contributed by atoms with E-state index in [-0.39, 0.29) is 0 Å². The van der Waals surface area contributed by atoms with Gasteiger partial charge in [-0.1, -0.05) is 11.6 Å². The number of hydrogen-bond acceptors (Lipinski definition) is 4. The Hall–Kier alpha value is -2.41. The van der Waals surface area contributed by atoms with E-state index < -0.39 is 6.09 Å². The number of rotatable bonds is 1. The fourth-order valence-electron chi connectivity index (χ4n) is 3.20. The highest BCUT2D eigenvalue weighted by Crippen LogP contribution is 2.32. The zero-order valence-corrected chi connectivity index (χ0v) is 12.9. The largest absolute Gasteiger partial charge is 0.465 e. The Morgan fingerprint density at radius 1 is 1.30 bits per heavy atom. The van der Waals surface area contributed by atoms with Crippen molar-refractivity contribution in [3.8, 4) is 0 Å². The Labute approximate surface area is 136 Å². The fourth-order valence-corrected chi connectivity index (χ4v) is 3.42. The second-order valence-corrected chi connectivity index (χ2v) is 6.08. The topological polar surface area (TPSA) is 95.0 Å². The molecule has 3 aromatic rings. The van der Waals surface area contributed by atoms with Crippen LogP contribution in [0.5, 0.6) is 0 Å². The summed E-state index contributed by atoms with van der Waals surface area (Å²) in [5, 5.41) is 10.1. The number of H-pyrrole nitrogens is 1. The number of aromatic amines is 1. The number of carboxylic acid groups (broad SMARTS) is 1. The van der Waals surface area contributed by atoms with Crippen LogP contribution in [0.25, 0.3) is 22.1 Å². The highest BCUT2D eigenvalue weighted by Gasteiger charge is 2.24. The lowest BCUT2D eigenvalue weighted by molar-refractivity contribution is 0.132. The number of pyridine rings is 1. The standard InChI is InChI=1S/C15H14ClN5O2/c16-13-11-12-10(20-14(11)19-7-18-13)5-9(6-17-12)8-1-3-21(4-2-8)15(22)23/h5-8H,1-4H2,(H,22,23)(H,18,19,20). The zero-order chi connectivity index (χ0) is 16.0. The molecule has 1 aliphatic rings. The molecule has 8 heteroatoms. The molecule has 0 aromatic carbocycles. The number of carbonyl (C=O) groups is 1. The summed E-state index contributed by atoms with van der Waals surface area (Å²) in [7, 11) is 0. The van der Waals surface area contributed by atoms with Gasteiger partial charge in [-0.15, -0.1) is 0 Å². The Balaban J connectivity index is 1.69. The molecule has 7 nitrogen and oxygen atoms in total. The molecular weight excluding hydrogens is 318 g/mol. The Kier molecular flexibility index (Phi) is 3.30. The van der Waals surface area contributed by atoms with Gasteiger partial charge in [0.15, 0.2) is 0 Å². The minimum absolute atomic E-state index is 0.315. The van der Waals surface area contributed by atoms with Crippen LogP contribution in [0.3, 0.4) is 0 Å². The maximum absolute atomic E-state index is 11.0. The van der Waals surface area contributed by atoms with E-state index in [1.165, 1.54) is 11.2 Å². The lowest BCUT2D eigenvalue weighted by atomic mass is 9.90. The third kappa shape index (κ3) is 2.37. The summed E-state index contributed by atoms with van der Waals surface area (Å²) in [6, 6.07) is 2.06. The van der Waals surface area contributed by atoms with Crippen molar-refractivity contribution in [2.24, 2.45) is 0 Å². The minimum Gasteiger partial charge on any atom is -0.465 e. The van der Waals surface area contributed by atoms with Crippen molar-refractivity contribution >= 4 is 39.8 Å². The van der Waals surface area contributed by atoms with E-state index in [9.17, 15) is 4.79 Å². The molecule has 1 aliphatic heterocycles. The first-order chi connectivity index (χ1) is 11.1. The predicted octanol–water partition coefficient (Wildman–Crippen LogP) is 3.02. The van der Waals surface area contributed by atoms with Crippen LogP contribution in [0.4, 0.5) is 4.79 Å². The number of nitrogens with one attached hydrogen (secondary N) is 1. The molecule has 0 saturated carbocycles. The van der Waals surface area contributed by atoms with Gasteiger partial charge in [-0.3, -0.25) is 4.98 Å². The molecule has 1 amide bonds. The maximum atomic E-state index is 11.0. The number of likely N-dealkylation sites (tertiary alicyclic amines) is 1. The van der Waals surface area contributed by atoms with Crippen molar-refractivity contribution in [2.75, 3.05) is 13.1 Å². The molecule has 23 heavy (non-hydrogen) atoms. The van der Waals surface area contributed by atoms with Gasteiger partial charge in [-0.25, -0.2) is 14.8 Å². The van der Waals surface area contributed by atoms with E-state index in [2.05, 4.69) is 26.0 Å². The molecular formula is C15H14ClN5O2. The highest BCUT2D eigenvalue weighted by atomic mass is 35.5. The number of halogens is 1. The average Bonchev–Trinajstić information content (AvgIpc) is 2.93. The first-order valence-electron chi connectivity index (χ1n) is 7.39. The van der Waals surface area contributed by atoms with Crippen LogP contribution in [0, 0.1) is 0 Å². The van der Waals surface area contributed by atoms with E-state index >= 15 is 0 Å². The van der Waals surface area contributed by atoms with Crippen molar-refractivity contribution in [3.63, 3.8) is 0 Å². The molecule has 0 bridgehead atoms. The molecule has 2 N–H and O–H groups in total. The highest BCUT2D eigenvalue weighted by molar-refractivity contribution is 6.36. The molecule has 0 aliphatic carbocycles. The summed E-state index contributed by atoms with van der Waals surface area (Å²) in [5.41, 5.74) is 3.42. The van der Waals surface area contributed by atoms with Gasteiger partial charge in [-0.05, 0) is 30.4 Å². The molecule has 0 atom stereocenters. The van der Waals surface area contributed by atoms with Crippen molar-refractivity contribution < 1.29 is 9.90 Å². The van der Waals surface area contributed by atoms with Gasteiger partial charge < -0.3 is 15.0 Å². The molecule has 118 valence electrons. The van der Waals surface area contributed by atoms with Crippen LogP contribution < -0.4 is 0 Å². The van der Waals surface area contributed by atoms with Crippen LogP contribution in [-0.2, 0) is 0 Å². The van der Waals surface area contributed by atoms with Gasteiger partial charge >= 0.3 is 6.09 Å². The summed E-state index contributed by atoms with van der Waals surface area (Å²) in [6.07, 6.45) is 4.03. The van der Waals surface area contributed by atoms with Crippen LogP contribution >= 0.6 is 11.6 Å². The molecule has 0 unspecified atom stereocenters. The summed E-state index contributed by atoms with van der Waals surface area (Å²) < 4.78 is 0. The van der Waals surface area contributed by atoms with Crippen LogP contribution in [0.2, 0.25) is 5.15 Å². The third-order valence-corrected chi connectivity index (χ3v) is 4.72. The van der Waals surface area contributed by atoms with Crippen LogP contribution in [-0.4, -0.2) is 49.1 Å². The van der Waals surface area contributed by atoms with Crippen molar-refractivity contribution in [3.05, 3.63) is 29.3 Å². The maximum Gasteiger partial charge on any atom is 0.407 e. The third-order valence-electron chi connectivity index (χ3n) is 4.44. The first-order valence-corrected chi connectivity index (χ1v) is 7.77. The number of nitrogens with zero attached hydrogens (tertiary/aromatic N) is 4. The number of aromatic nitrogens is 4. The first kappa shape index (κ1) is 14.2. The molecule has 4 rings (SSSR count). The van der Waals surface area contributed by atoms with Gasteiger partial charge in [0.05, 0.1) is 10.9 Å². The predicted molar refractivity (Wildman–Crippen MR) is 85.8 cm³/mol. The normalized spacial score (nSPS) is 16.3. The Bertz CT molecular complexity index is 901. The lowest BCUT2D eigenvalue weighted by Crippen LogP contribution is -2.36. The number of piperidine rings is 1. The van der Waals surface area contributed by atoms with E-state index in [0.29, 0.717) is 29.8 Å². The van der Waals surface area contributed by atoms with Crippen molar-refractivity contribution in [2.45, 2.75) is 18.8 Å². The van der Waals surface area contributed by atoms with Gasteiger partial charge in [0.25, 0.3) is 0 Å². The summed E-state index contributed by atoms with van der Waals surface area (Å²) in [6.45, 7) is 1.12. The summed E-state index contributed by atoms with van der Waals surface area (Å²) in [5.74, 6) is 0.315. The average molecular weight is 332 g/mol. The number of hydrogen-bond donors (Lipinski definition) is 2. The zero-order valence-electron chi connectivity index (χ0n) is 12.2. The van der Waals surface area contributed by atoms with Gasteiger partial charge in [0.2, 0.25) is 0 Å². The monoisotopic (exact) mass is 331 g/mol. The van der Waals surface area contributed by atoms with Gasteiger partial charge in [-0.2, -0.15) is 0 Å². The van der Waals surface area contributed by atoms with Gasteiger partial charge in [0.1, 0.15) is 22.6 Å².